The van der Waals surface area contributed by atoms with Gasteiger partial charge in [0.2, 0.25) is 20.8 Å². The first-order chi connectivity index (χ1) is 8.37. The summed E-state index contributed by atoms with van der Waals surface area (Å²) >= 11 is 5.86. The Bertz CT molecular complexity index is 455. The van der Waals surface area contributed by atoms with Crippen LogP contribution in [0.15, 0.2) is 0 Å². The molecule has 2 unspecified atom stereocenters. The van der Waals surface area contributed by atoms with Gasteiger partial charge in [-0.15, -0.1) is 7.77 Å². The Balaban J connectivity index is 0.000000344. The average molecular weight is 343 g/mol. The first-order valence-electron chi connectivity index (χ1n) is 5.40. The van der Waals surface area contributed by atoms with Crippen LogP contribution in [0, 0.1) is 5.92 Å². The van der Waals surface area contributed by atoms with Gasteiger partial charge in [-0.3, -0.25) is 0 Å². The second-order valence-electron chi connectivity index (χ2n) is 4.79. The van der Waals surface area contributed by atoms with Crippen LogP contribution in [-0.4, -0.2) is 47.5 Å². The second-order valence-corrected chi connectivity index (χ2v) is 7.28. The fraction of sp³-hybridized carbons (Fsp3) is 1.00. The lowest BCUT2D eigenvalue weighted by atomic mass is 9.99. The summed E-state index contributed by atoms with van der Waals surface area (Å²) in [5, 5.41) is 0. The average Bonchev–Trinajstić information content (AvgIpc) is 2.12. The monoisotopic (exact) mass is 342 g/mol. The molecule has 0 aliphatic carbocycles. The number of halogens is 3. The molecule has 0 aromatic carbocycles. The van der Waals surface area contributed by atoms with Crippen molar-refractivity contribution in [2.45, 2.75) is 19.8 Å². The van der Waals surface area contributed by atoms with Crippen LogP contribution in [0.3, 0.4) is 0 Å². The molecule has 1 rings (SSSR count). The van der Waals surface area contributed by atoms with Gasteiger partial charge in [-0.25, -0.2) is 16.8 Å². The van der Waals surface area contributed by atoms with E-state index in [-0.39, 0.29) is 0 Å². The quantitative estimate of drug-likeness (QED) is 0.339. The third-order valence-corrected chi connectivity index (χ3v) is 4.62. The van der Waals surface area contributed by atoms with E-state index in [0.717, 1.165) is 20.5 Å². The van der Waals surface area contributed by atoms with Gasteiger partial charge < -0.3 is 8.61 Å². The van der Waals surface area contributed by atoms with Crippen molar-refractivity contribution in [3.05, 3.63) is 4.13 Å². The summed E-state index contributed by atoms with van der Waals surface area (Å²) in [4.78, 5) is 0. The Morgan fingerprint density at radius 3 is 1.95 bits per heavy atom. The summed E-state index contributed by atoms with van der Waals surface area (Å²) in [7, 11) is -8.99. The molecule has 0 amide bonds. The van der Waals surface area contributed by atoms with Crippen molar-refractivity contribution in [3.63, 3.8) is 0 Å². The van der Waals surface area contributed by atoms with E-state index in [4.69, 9.17) is 11.6 Å². The molecule has 1 saturated heterocycles. The van der Waals surface area contributed by atoms with E-state index in [9.17, 15) is 24.6 Å². The minimum absolute atomic E-state index is 0.782. The molecule has 1 aliphatic heterocycles. The molecule has 0 spiro atoms. The van der Waals surface area contributed by atoms with Crippen molar-refractivity contribution < 1.29 is 29.1 Å². The molecule has 0 bridgehead atoms. The smallest absolute Gasteiger partial charge is 0.241 e. The van der Waals surface area contributed by atoms with E-state index in [0.29, 0.717) is 0 Å². The number of hydrogen-bond donors (Lipinski definition) is 0. The molecule has 1 fully saturated rings. The van der Waals surface area contributed by atoms with Gasteiger partial charge in [0.1, 0.15) is 0 Å². The maximum Gasteiger partial charge on any atom is 0.241 e. The molecule has 0 aromatic rings. The third kappa shape index (κ3) is 10.4. The summed E-state index contributed by atoms with van der Waals surface area (Å²) in [6.07, 6.45) is 2.75. The Hall–Kier alpha value is -0.0300. The third-order valence-electron chi connectivity index (χ3n) is 2.61. The summed E-state index contributed by atoms with van der Waals surface area (Å²) < 4.78 is 61.1. The van der Waals surface area contributed by atoms with Crippen LogP contribution >= 0.6 is 11.6 Å². The summed E-state index contributed by atoms with van der Waals surface area (Å²) in [5.41, 5.74) is 0. The molecule has 0 radical (unpaired) electrons. The Labute approximate surface area is 118 Å². The highest BCUT2D eigenvalue weighted by Crippen LogP contribution is 2.21. The van der Waals surface area contributed by atoms with Crippen molar-refractivity contribution in [1.82, 2.24) is 0 Å². The van der Waals surface area contributed by atoms with E-state index in [1.54, 1.807) is 0 Å². The number of quaternary nitrogens is 1. The van der Waals surface area contributed by atoms with Gasteiger partial charge in [-0.1, -0.05) is 18.5 Å². The van der Waals surface area contributed by atoms with E-state index < -0.39 is 20.8 Å². The molecule has 2 atom stereocenters. The predicted octanol–water partition coefficient (Wildman–Crippen LogP) is 1.85. The zero-order valence-electron chi connectivity index (χ0n) is 10.6. The van der Waals surface area contributed by atoms with Crippen molar-refractivity contribution in [1.29, 1.82) is 0 Å². The van der Waals surface area contributed by atoms with E-state index >= 15 is 0 Å². The van der Waals surface area contributed by atoms with Gasteiger partial charge in [0.15, 0.2) is 6.00 Å². The van der Waals surface area contributed by atoms with Gasteiger partial charge in [-0.05, 0) is 12.8 Å². The highest BCUT2D eigenvalue weighted by Gasteiger charge is 2.27. The van der Waals surface area contributed by atoms with Crippen molar-refractivity contribution in [2.75, 3.05) is 26.1 Å². The van der Waals surface area contributed by atoms with Crippen molar-refractivity contribution >= 4 is 32.4 Å². The van der Waals surface area contributed by atoms with Crippen LogP contribution in [0.4, 0.5) is 7.77 Å². The number of likely N-dealkylation sites (tertiary alicyclic amines) is 1. The normalized spacial score (nSPS) is 28.4. The maximum atomic E-state index is 11.1. The van der Waals surface area contributed by atoms with Crippen LogP contribution in [0.2, 0.25) is 0 Å². The highest BCUT2D eigenvalue weighted by molar-refractivity contribution is 8.07. The summed E-state index contributed by atoms with van der Waals surface area (Å²) in [6.45, 7) is 4.86. The Morgan fingerprint density at radius 1 is 1.26 bits per heavy atom. The minimum atomic E-state index is -5.62. The standard InChI is InChI=1S/C8H17ClN.F2NO4S2/c1-8-4-3-5-10(2,6-8)7-9;1-8(4,5)3-9(2,6)7/h8H,3-7H2,1-2H3;/q+1;-1. The maximum absolute atomic E-state index is 11.1. The fourth-order valence-corrected chi connectivity index (χ4v) is 3.04. The van der Waals surface area contributed by atoms with Gasteiger partial charge >= 0.3 is 0 Å². The molecule has 19 heavy (non-hydrogen) atoms. The largest absolute Gasteiger partial charge is 0.379 e. The SMILES string of the molecule is CC1CCC[N+](C)(CCl)C1.O=S(=O)(F)[N-]S(=O)(=O)F. The van der Waals surface area contributed by atoms with E-state index in [2.05, 4.69) is 14.0 Å². The first-order valence-corrected chi connectivity index (χ1v) is 8.61. The molecular formula is C8H17ClF2N2O4S2. The Morgan fingerprint density at radius 2 is 1.74 bits per heavy atom. The fourth-order valence-electron chi connectivity index (χ4n) is 1.97. The van der Waals surface area contributed by atoms with Crippen LogP contribution in [0.5, 0.6) is 0 Å². The predicted molar refractivity (Wildman–Crippen MR) is 68.5 cm³/mol. The first kappa shape index (κ1) is 19.0. The van der Waals surface area contributed by atoms with Crippen LogP contribution < -0.4 is 0 Å². The molecule has 0 saturated carbocycles. The van der Waals surface area contributed by atoms with Crippen LogP contribution in [0.25, 0.3) is 4.13 Å². The van der Waals surface area contributed by atoms with Crippen LogP contribution in [0.1, 0.15) is 19.8 Å². The van der Waals surface area contributed by atoms with E-state index in [1.807, 2.05) is 0 Å². The minimum Gasteiger partial charge on any atom is -0.379 e. The number of nitrogens with zero attached hydrogens (tertiary/aromatic N) is 2. The zero-order chi connectivity index (χ0) is 15.3. The van der Waals surface area contributed by atoms with Gasteiger partial charge in [-0.2, -0.15) is 0 Å². The molecule has 6 nitrogen and oxygen atoms in total. The lowest BCUT2D eigenvalue weighted by Crippen LogP contribution is -2.49. The zero-order valence-corrected chi connectivity index (χ0v) is 13.0. The second kappa shape index (κ2) is 7.11. The molecule has 116 valence electrons. The molecule has 0 aromatic heterocycles. The van der Waals surface area contributed by atoms with Gasteiger partial charge in [0.25, 0.3) is 0 Å². The van der Waals surface area contributed by atoms with Crippen molar-refractivity contribution in [2.24, 2.45) is 5.92 Å². The number of rotatable bonds is 3. The van der Waals surface area contributed by atoms with Gasteiger partial charge in [0, 0.05) is 5.92 Å². The molecular weight excluding hydrogens is 326 g/mol. The molecule has 11 heteroatoms. The van der Waals surface area contributed by atoms with Gasteiger partial charge in [0.05, 0.1) is 20.1 Å². The topological polar surface area (TPSA) is 82.4 Å². The molecule has 1 heterocycles. The Kier molecular flexibility index (Phi) is 7.10. The summed E-state index contributed by atoms with van der Waals surface area (Å²) in [6, 6.07) is 0.782. The lowest BCUT2D eigenvalue weighted by Gasteiger charge is -2.38. The number of alkyl halides is 1. The number of piperidine rings is 1. The summed E-state index contributed by atoms with van der Waals surface area (Å²) in [5.74, 6) is 0.873. The highest BCUT2D eigenvalue weighted by atomic mass is 35.5. The molecule has 0 N–H and O–H groups in total. The lowest BCUT2D eigenvalue weighted by molar-refractivity contribution is -0.906. The molecule has 1 aliphatic rings. The van der Waals surface area contributed by atoms with Crippen LogP contribution in [-0.2, 0) is 20.8 Å². The number of hydrogen-bond acceptors (Lipinski definition) is 4. The van der Waals surface area contributed by atoms with Crippen molar-refractivity contribution in [3.8, 4) is 0 Å². The van der Waals surface area contributed by atoms with E-state index in [1.165, 1.54) is 25.9 Å².